The first-order valence-corrected chi connectivity index (χ1v) is 8.42. The van der Waals surface area contributed by atoms with E-state index in [1.165, 1.54) is 5.56 Å². The Morgan fingerprint density at radius 2 is 1.62 bits per heavy atom. The van der Waals surface area contributed by atoms with Crippen LogP contribution in [0.4, 0.5) is 11.4 Å². The summed E-state index contributed by atoms with van der Waals surface area (Å²) in [6.45, 7) is 7.26. The second-order valence-electron chi connectivity index (χ2n) is 6.18. The second-order valence-corrected chi connectivity index (χ2v) is 6.18. The molecular formula is C20H26N2O2. The van der Waals surface area contributed by atoms with Crippen molar-refractivity contribution in [2.45, 2.75) is 27.2 Å². The number of benzene rings is 2. The van der Waals surface area contributed by atoms with Crippen LogP contribution in [-0.2, 0) is 11.2 Å². The predicted octanol–water partition coefficient (Wildman–Crippen LogP) is 4.33. The Kier molecular flexibility index (Phi) is 6.67. The van der Waals surface area contributed by atoms with Crippen molar-refractivity contribution in [3.63, 3.8) is 0 Å². The molecule has 0 aliphatic heterocycles. The van der Waals surface area contributed by atoms with Gasteiger partial charge in [-0.2, -0.15) is 0 Å². The SMILES string of the molecule is CCc1ccc(NC(=O)CNc2ccc(OCC(C)C)cc2)cc1. The monoisotopic (exact) mass is 326 g/mol. The molecule has 0 saturated heterocycles. The summed E-state index contributed by atoms with van der Waals surface area (Å²) in [5.41, 5.74) is 2.96. The summed E-state index contributed by atoms with van der Waals surface area (Å²) in [5.74, 6) is 1.27. The molecule has 24 heavy (non-hydrogen) atoms. The molecule has 0 saturated carbocycles. The van der Waals surface area contributed by atoms with Gasteiger partial charge in [0, 0.05) is 11.4 Å². The Balaban J connectivity index is 1.78. The van der Waals surface area contributed by atoms with Crippen molar-refractivity contribution < 1.29 is 9.53 Å². The zero-order valence-corrected chi connectivity index (χ0v) is 14.6. The standard InChI is InChI=1S/C20H26N2O2/c1-4-16-5-7-18(8-6-16)22-20(23)13-21-17-9-11-19(12-10-17)24-14-15(2)3/h5-12,15,21H,4,13-14H2,1-3H3,(H,22,23). The highest BCUT2D eigenvalue weighted by Crippen LogP contribution is 2.16. The van der Waals surface area contributed by atoms with E-state index in [-0.39, 0.29) is 12.5 Å². The zero-order chi connectivity index (χ0) is 17.4. The first-order chi connectivity index (χ1) is 11.6. The van der Waals surface area contributed by atoms with E-state index in [0.29, 0.717) is 12.5 Å². The third-order valence-corrected chi connectivity index (χ3v) is 3.54. The van der Waals surface area contributed by atoms with Crippen LogP contribution in [0.1, 0.15) is 26.3 Å². The van der Waals surface area contributed by atoms with Crippen molar-refractivity contribution in [2.75, 3.05) is 23.8 Å². The van der Waals surface area contributed by atoms with Gasteiger partial charge in [0.05, 0.1) is 13.2 Å². The molecule has 0 heterocycles. The van der Waals surface area contributed by atoms with Gasteiger partial charge in [0.1, 0.15) is 5.75 Å². The quantitative estimate of drug-likeness (QED) is 0.759. The van der Waals surface area contributed by atoms with Crippen molar-refractivity contribution in [1.29, 1.82) is 0 Å². The van der Waals surface area contributed by atoms with Crippen molar-refractivity contribution in [1.82, 2.24) is 0 Å². The normalized spacial score (nSPS) is 10.5. The maximum absolute atomic E-state index is 12.0. The van der Waals surface area contributed by atoms with Crippen molar-refractivity contribution in [3.05, 3.63) is 54.1 Å². The van der Waals surface area contributed by atoms with Gasteiger partial charge >= 0.3 is 0 Å². The fraction of sp³-hybridized carbons (Fsp3) is 0.350. The molecule has 0 aliphatic carbocycles. The molecule has 1 amide bonds. The number of hydrogen-bond acceptors (Lipinski definition) is 3. The van der Waals surface area contributed by atoms with Gasteiger partial charge in [-0.3, -0.25) is 4.79 Å². The molecule has 2 N–H and O–H groups in total. The van der Waals surface area contributed by atoms with Crippen LogP contribution in [0.5, 0.6) is 5.75 Å². The third-order valence-electron chi connectivity index (χ3n) is 3.54. The summed E-state index contributed by atoms with van der Waals surface area (Å²) < 4.78 is 5.64. The Bertz CT molecular complexity index is 634. The summed E-state index contributed by atoms with van der Waals surface area (Å²) in [6.07, 6.45) is 0.993. The Labute approximate surface area is 144 Å². The third kappa shape index (κ3) is 5.95. The van der Waals surface area contributed by atoms with Gasteiger partial charge in [0.15, 0.2) is 0 Å². The van der Waals surface area contributed by atoms with E-state index in [9.17, 15) is 4.79 Å². The van der Waals surface area contributed by atoms with E-state index in [1.807, 2.05) is 48.5 Å². The van der Waals surface area contributed by atoms with E-state index in [2.05, 4.69) is 31.4 Å². The van der Waals surface area contributed by atoms with E-state index in [0.717, 1.165) is 23.5 Å². The van der Waals surface area contributed by atoms with Gasteiger partial charge < -0.3 is 15.4 Å². The lowest BCUT2D eigenvalue weighted by molar-refractivity contribution is -0.114. The Morgan fingerprint density at radius 1 is 1.00 bits per heavy atom. The van der Waals surface area contributed by atoms with Crippen LogP contribution < -0.4 is 15.4 Å². The molecular weight excluding hydrogens is 300 g/mol. The molecule has 0 unspecified atom stereocenters. The number of rotatable bonds is 8. The molecule has 4 heteroatoms. The number of amides is 1. The molecule has 2 aromatic rings. The maximum Gasteiger partial charge on any atom is 0.243 e. The van der Waals surface area contributed by atoms with E-state index >= 15 is 0 Å². The number of hydrogen-bond donors (Lipinski definition) is 2. The number of carbonyl (C=O) groups excluding carboxylic acids is 1. The topological polar surface area (TPSA) is 50.4 Å². The average Bonchev–Trinajstić information content (AvgIpc) is 2.59. The summed E-state index contributed by atoms with van der Waals surface area (Å²) in [5, 5.41) is 5.99. The number of carbonyl (C=O) groups is 1. The lowest BCUT2D eigenvalue weighted by Crippen LogP contribution is -2.21. The lowest BCUT2D eigenvalue weighted by atomic mass is 10.1. The summed E-state index contributed by atoms with van der Waals surface area (Å²) in [4.78, 5) is 12.0. The number of ether oxygens (including phenoxy) is 1. The van der Waals surface area contributed by atoms with Gasteiger partial charge in [0.2, 0.25) is 5.91 Å². The van der Waals surface area contributed by atoms with Gasteiger partial charge in [-0.1, -0.05) is 32.9 Å². The minimum atomic E-state index is -0.0700. The molecule has 0 atom stereocenters. The number of anilines is 2. The van der Waals surface area contributed by atoms with Crippen LogP contribution in [0.15, 0.2) is 48.5 Å². The van der Waals surface area contributed by atoms with Crippen molar-refractivity contribution >= 4 is 17.3 Å². The van der Waals surface area contributed by atoms with Crippen LogP contribution in [0, 0.1) is 5.92 Å². The Morgan fingerprint density at radius 3 is 2.21 bits per heavy atom. The molecule has 0 bridgehead atoms. The highest BCUT2D eigenvalue weighted by atomic mass is 16.5. The second kappa shape index (κ2) is 8.96. The molecule has 0 fully saturated rings. The van der Waals surface area contributed by atoms with Crippen molar-refractivity contribution in [2.24, 2.45) is 5.92 Å². The minimum absolute atomic E-state index is 0.0700. The van der Waals surface area contributed by atoms with Crippen LogP contribution in [0.2, 0.25) is 0 Å². The van der Waals surface area contributed by atoms with E-state index in [1.54, 1.807) is 0 Å². The largest absolute Gasteiger partial charge is 0.493 e. The first kappa shape index (κ1) is 17.9. The molecule has 0 spiro atoms. The summed E-state index contributed by atoms with van der Waals surface area (Å²) >= 11 is 0. The number of nitrogens with one attached hydrogen (secondary N) is 2. The molecule has 2 rings (SSSR count). The molecule has 0 aliphatic rings. The molecule has 2 aromatic carbocycles. The zero-order valence-electron chi connectivity index (χ0n) is 14.6. The summed E-state index contributed by atoms with van der Waals surface area (Å²) in [7, 11) is 0. The van der Waals surface area contributed by atoms with Gasteiger partial charge in [-0.15, -0.1) is 0 Å². The van der Waals surface area contributed by atoms with Gasteiger partial charge in [-0.05, 0) is 54.3 Å². The smallest absolute Gasteiger partial charge is 0.243 e. The minimum Gasteiger partial charge on any atom is -0.493 e. The van der Waals surface area contributed by atoms with Crippen LogP contribution >= 0.6 is 0 Å². The predicted molar refractivity (Wildman–Crippen MR) is 99.7 cm³/mol. The maximum atomic E-state index is 12.0. The highest BCUT2D eigenvalue weighted by molar-refractivity contribution is 5.93. The molecule has 4 nitrogen and oxygen atoms in total. The molecule has 0 aromatic heterocycles. The van der Waals surface area contributed by atoms with E-state index in [4.69, 9.17) is 4.74 Å². The van der Waals surface area contributed by atoms with Gasteiger partial charge in [-0.25, -0.2) is 0 Å². The highest BCUT2D eigenvalue weighted by Gasteiger charge is 2.03. The number of aryl methyl sites for hydroxylation is 1. The van der Waals surface area contributed by atoms with Gasteiger partial charge in [0.25, 0.3) is 0 Å². The molecule has 128 valence electrons. The van der Waals surface area contributed by atoms with Crippen LogP contribution in [0.3, 0.4) is 0 Å². The van der Waals surface area contributed by atoms with Crippen LogP contribution in [-0.4, -0.2) is 19.1 Å². The van der Waals surface area contributed by atoms with E-state index < -0.39 is 0 Å². The fourth-order valence-corrected chi connectivity index (χ4v) is 2.14. The molecule has 0 radical (unpaired) electrons. The Hall–Kier alpha value is -2.49. The average molecular weight is 326 g/mol. The van der Waals surface area contributed by atoms with Crippen molar-refractivity contribution in [3.8, 4) is 5.75 Å². The fourth-order valence-electron chi connectivity index (χ4n) is 2.14. The first-order valence-electron chi connectivity index (χ1n) is 8.42. The lowest BCUT2D eigenvalue weighted by Gasteiger charge is -2.11. The van der Waals surface area contributed by atoms with Crippen LogP contribution in [0.25, 0.3) is 0 Å². The summed E-state index contributed by atoms with van der Waals surface area (Å²) in [6, 6.07) is 15.6.